The fraction of sp³-hybridized carbons (Fsp3) is 0.562. The Hall–Kier alpha value is -2.11. The van der Waals surface area contributed by atoms with Gasteiger partial charge in [0.2, 0.25) is 5.78 Å². The van der Waals surface area contributed by atoms with Gasteiger partial charge in [-0.3, -0.25) is 9.59 Å². The topological polar surface area (TPSA) is 85.5 Å². The lowest BCUT2D eigenvalue weighted by Gasteiger charge is -2.12. The molecule has 0 saturated heterocycles. The van der Waals surface area contributed by atoms with E-state index in [1.807, 2.05) is 6.92 Å². The number of aromatic amines is 1. The van der Waals surface area contributed by atoms with Crippen LogP contribution in [-0.2, 0) is 14.3 Å². The van der Waals surface area contributed by atoms with Gasteiger partial charge in [-0.2, -0.15) is 0 Å². The molecule has 1 fully saturated rings. The zero-order chi connectivity index (χ0) is 16.6. The molecule has 3 atom stereocenters. The van der Waals surface area contributed by atoms with E-state index in [2.05, 4.69) is 4.98 Å². The minimum atomic E-state index is -0.887. The first kappa shape index (κ1) is 16.3. The molecule has 0 aromatic carbocycles. The van der Waals surface area contributed by atoms with Crippen LogP contribution >= 0.6 is 0 Å². The molecule has 0 amide bonds. The van der Waals surface area contributed by atoms with Gasteiger partial charge in [0, 0.05) is 5.69 Å². The molecule has 0 spiro atoms. The number of hydrogen-bond donors (Lipinski definition) is 1. The molecule has 0 radical (unpaired) electrons. The van der Waals surface area contributed by atoms with Gasteiger partial charge < -0.3 is 14.5 Å². The van der Waals surface area contributed by atoms with Crippen LogP contribution in [-0.4, -0.2) is 35.9 Å². The highest BCUT2D eigenvalue weighted by Crippen LogP contribution is 2.39. The fourth-order valence-electron chi connectivity index (χ4n) is 2.57. The molecule has 0 aliphatic heterocycles. The Labute approximate surface area is 129 Å². The number of H-pyrrole nitrogens is 1. The second-order valence-corrected chi connectivity index (χ2v) is 5.88. The van der Waals surface area contributed by atoms with Crippen molar-refractivity contribution in [3.05, 3.63) is 22.5 Å². The van der Waals surface area contributed by atoms with Crippen molar-refractivity contribution < 1.29 is 23.9 Å². The van der Waals surface area contributed by atoms with E-state index >= 15 is 0 Å². The maximum Gasteiger partial charge on any atom is 0.339 e. The lowest BCUT2D eigenvalue weighted by molar-refractivity contribution is -0.148. The Kier molecular flexibility index (Phi) is 4.39. The summed E-state index contributed by atoms with van der Waals surface area (Å²) in [5.74, 6) is -0.941. The molecule has 1 aromatic rings. The van der Waals surface area contributed by atoms with Gasteiger partial charge in [0.25, 0.3) is 0 Å². The predicted molar refractivity (Wildman–Crippen MR) is 78.8 cm³/mol. The highest BCUT2D eigenvalue weighted by Gasteiger charge is 2.41. The summed E-state index contributed by atoms with van der Waals surface area (Å²) in [5.41, 5.74) is 1.70. The average Bonchev–Trinajstić information content (AvgIpc) is 3.12. The van der Waals surface area contributed by atoms with Crippen LogP contribution in [0.25, 0.3) is 0 Å². The number of aryl methyl sites for hydroxylation is 1. The summed E-state index contributed by atoms with van der Waals surface area (Å²) in [5, 5.41) is 0. The van der Waals surface area contributed by atoms with Crippen molar-refractivity contribution in [1.29, 1.82) is 0 Å². The molecule has 1 saturated carbocycles. The number of carbonyl (C=O) groups is 3. The van der Waals surface area contributed by atoms with Gasteiger partial charge in [0.15, 0.2) is 6.10 Å². The van der Waals surface area contributed by atoms with Crippen LogP contribution in [0, 0.1) is 25.7 Å². The number of carbonyl (C=O) groups excluding carboxylic acids is 3. The van der Waals surface area contributed by atoms with Crippen molar-refractivity contribution in [3.63, 3.8) is 0 Å². The van der Waals surface area contributed by atoms with Gasteiger partial charge in [0.05, 0.1) is 24.3 Å². The molecule has 1 aliphatic rings. The number of Topliss-reactive ketones (excluding diaryl/α,β-unsaturated/α-hetero) is 1. The molecular formula is C16H21NO5. The molecule has 0 unspecified atom stereocenters. The third-order valence-corrected chi connectivity index (χ3v) is 4.15. The van der Waals surface area contributed by atoms with Crippen LogP contribution < -0.4 is 0 Å². The van der Waals surface area contributed by atoms with E-state index in [1.165, 1.54) is 7.11 Å². The highest BCUT2D eigenvalue weighted by molar-refractivity contribution is 6.04. The van der Waals surface area contributed by atoms with Crippen LogP contribution in [0.3, 0.4) is 0 Å². The van der Waals surface area contributed by atoms with Crippen molar-refractivity contribution >= 4 is 17.7 Å². The van der Waals surface area contributed by atoms with E-state index < -0.39 is 12.1 Å². The van der Waals surface area contributed by atoms with Gasteiger partial charge >= 0.3 is 11.9 Å². The van der Waals surface area contributed by atoms with Gasteiger partial charge in [-0.15, -0.1) is 0 Å². The standard InChI is InChI=1S/C16H21NO5/c1-7-6-11(7)15(19)22-10(4)14(18)13-8(2)12(9(3)17-13)16(20)21-5/h7,10-11,17H,6H2,1-5H3/t7-,10-,11-/m0/s1. The summed E-state index contributed by atoms with van der Waals surface area (Å²) in [6, 6.07) is 0. The minimum Gasteiger partial charge on any atom is -0.465 e. The largest absolute Gasteiger partial charge is 0.465 e. The minimum absolute atomic E-state index is 0.0904. The van der Waals surface area contributed by atoms with Crippen molar-refractivity contribution in [2.75, 3.05) is 7.11 Å². The molecule has 120 valence electrons. The molecule has 0 bridgehead atoms. The Morgan fingerprint density at radius 2 is 1.86 bits per heavy atom. The van der Waals surface area contributed by atoms with Crippen molar-refractivity contribution in [3.8, 4) is 0 Å². The second kappa shape index (κ2) is 5.94. The smallest absolute Gasteiger partial charge is 0.339 e. The molecule has 1 aromatic heterocycles. The second-order valence-electron chi connectivity index (χ2n) is 5.88. The number of rotatable bonds is 5. The van der Waals surface area contributed by atoms with Crippen molar-refractivity contribution in [1.82, 2.24) is 4.98 Å². The number of hydrogen-bond acceptors (Lipinski definition) is 5. The zero-order valence-corrected chi connectivity index (χ0v) is 13.5. The normalized spacial score (nSPS) is 21.1. The third-order valence-electron chi connectivity index (χ3n) is 4.15. The Balaban J connectivity index is 2.15. The first-order valence-corrected chi connectivity index (χ1v) is 7.30. The lowest BCUT2D eigenvalue weighted by Crippen LogP contribution is -2.26. The molecule has 1 N–H and O–H groups in total. The van der Waals surface area contributed by atoms with E-state index in [9.17, 15) is 14.4 Å². The number of ketones is 1. The molecule has 1 heterocycles. The number of methoxy groups -OCH3 is 1. The maximum absolute atomic E-state index is 12.4. The average molecular weight is 307 g/mol. The Bertz CT molecular complexity index is 631. The number of nitrogens with one attached hydrogen (secondary N) is 1. The number of aromatic nitrogens is 1. The summed E-state index contributed by atoms with van der Waals surface area (Å²) >= 11 is 0. The summed E-state index contributed by atoms with van der Waals surface area (Å²) < 4.78 is 9.94. The van der Waals surface area contributed by atoms with Crippen LogP contribution in [0.5, 0.6) is 0 Å². The molecule has 6 heteroatoms. The summed E-state index contributed by atoms with van der Waals surface area (Å²) in [6.45, 7) is 6.87. The van der Waals surface area contributed by atoms with Gasteiger partial charge in [-0.25, -0.2) is 4.79 Å². The summed E-state index contributed by atoms with van der Waals surface area (Å²) in [4.78, 5) is 38.9. The lowest BCUT2D eigenvalue weighted by atomic mass is 10.1. The first-order valence-electron chi connectivity index (χ1n) is 7.30. The predicted octanol–water partition coefficient (Wildman–Crippen LogP) is 2.19. The van der Waals surface area contributed by atoms with E-state index in [1.54, 1.807) is 20.8 Å². The fourth-order valence-corrected chi connectivity index (χ4v) is 2.57. The molecular weight excluding hydrogens is 286 g/mol. The highest BCUT2D eigenvalue weighted by atomic mass is 16.5. The maximum atomic E-state index is 12.4. The number of ether oxygens (including phenoxy) is 2. The molecule has 2 rings (SSSR count). The number of esters is 2. The van der Waals surface area contributed by atoms with E-state index in [-0.39, 0.29) is 23.4 Å². The Morgan fingerprint density at radius 1 is 1.27 bits per heavy atom. The van der Waals surface area contributed by atoms with E-state index in [0.717, 1.165) is 6.42 Å². The first-order chi connectivity index (χ1) is 10.3. The summed E-state index contributed by atoms with van der Waals surface area (Å²) in [6.07, 6.45) is -0.0742. The van der Waals surface area contributed by atoms with Gasteiger partial charge in [0.1, 0.15) is 0 Å². The molecule has 1 aliphatic carbocycles. The van der Waals surface area contributed by atoms with E-state index in [4.69, 9.17) is 9.47 Å². The summed E-state index contributed by atoms with van der Waals surface area (Å²) in [7, 11) is 1.29. The monoisotopic (exact) mass is 307 g/mol. The van der Waals surface area contributed by atoms with Crippen LogP contribution in [0.2, 0.25) is 0 Å². The third kappa shape index (κ3) is 2.91. The van der Waals surface area contributed by atoms with Gasteiger partial charge in [-0.1, -0.05) is 6.92 Å². The zero-order valence-electron chi connectivity index (χ0n) is 13.5. The van der Waals surface area contributed by atoms with E-state index in [0.29, 0.717) is 22.7 Å². The van der Waals surface area contributed by atoms with Crippen LogP contribution in [0.1, 0.15) is 52.4 Å². The van der Waals surface area contributed by atoms with Gasteiger partial charge in [-0.05, 0) is 38.7 Å². The van der Waals surface area contributed by atoms with Crippen LogP contribution in [0.15, 0.2) is 0 Å². The SMILES string of the molecule is COC(=O)c1c(C)[nH]c(C(=O)[C@H](C)OC(=O)[C@H]2C[C@@H]2C)c1C. The van der Waals surface area contributed by atoms with Crippen molar-refractivity contribution in [2.24, 2.45) is 11.8 Å². The van der Waals surface area contributed by atoms with Crippen molar-refractivity contribution in [2.45, 2.75) is 40.2 Å². The van der Waals surface area contributed by atoms with Crippen LogP contribution in [0.4, 0.5) is 0 Å². The quantitative estimate of drug-likeness (QED) is 0.665. The molecule has 22 heavy (non-hydrogen) atoms. The molecule has 6 nitrogen and oxygen atoms in total. The Morgan fingerprint density at radius 3 is 2.36 bits per heavy atom.